The molecule has 156 valence electrons. The van der Waals surface area contributed by atoms with Crippen molar-refractivity contribution in [3.05, 3.63) is 114 Å². The molecule has 0 bridgehead atoms. The third-order valence-corrected chi connectivity index (χ3v) is 5.56. The Kier molecular flexibility index (Phi) is 5.60. The topological polar surface area (TPSA) is 29.1 Å². The Morgan fingerprint density at radius 3 is 2.10 bits per heavy atom. The first kappa shape index (κ1) is 20.8. The van der Waals surface area contributed by atoms with Gasteiger partial charge in [-0.3, -0.25) is 4.79 Å². The number of halogens is 1. The van der Waals surface area contributed by atoms with Gasteiger partial charge in [0.25, 0.3) is 0 Å². The van der Waals surface area contributed by atoms with Gasteiger partial charge in [-0.25, -0.2) is 4.39 Å². The van der Waals surface area contributed by atoms with Gasteiger partial charge in [-0.05, 0) is 57.6 Å². The highest BCUT2D eigenvalue weighted by Gasteiger charge is 2.23. The number of carbonyl (C=O) groups is 1. The second-order valence-electron chi connectivity index (χ2n) is 8.88. The van der Waals surface area contributed by atoms with Crippen molar-refractivity contribution in [1.29, 1.82) is 0 Å². The zero-order valence-electron chi connectivity index (χ0n) is 18.0. The van der Waals surface area contributed by atoms with Crippen molar-refractivity contribution in [2.24, 2.45) is 0 Å². The van der Waals surface area contributed by atoms with Gasteiger partial charge in [0.05, 0.1) is 0 Å². The second kappa shape index (κ2) is 8.35. The molecule has 0 aliphatic carbocycles. The molecule has 0 fully saturated rings. The minimum atomic E-state index is -0.623. The van der Waals surface area contributed by atoms with Crippen molar-refractivity contribution in [3.8, 4) is 0 Å². The predicted molar refractivity (Wildman–Crippen MR) is 126 cm³/mol. The van der Waals surface area contributed by atoms with Crippen LogP contribution < -0.4 is 5.32 Å². The maximum atomic E-state index is 13.5. The number of benzene rings is 4. The van der Waals surface area contributed by atoms with Crippen LogP contribution in [0.3, 0.4) is 0 Å². The van der Waals surface area contributed by atoms with Crippen LogP contribution in [0.5, 0.6) is 0 Å². The van der Waals surface area contributed by atoms with E-state index in [1.807, 2.05) is 54.6 Å². The van der Waals surface area contributed by atoms with Gasteiger partial charge < -0.3 is 5.32 Å². The first-order chi connectivity index (χ1) is 14.8. The van der Waals surface area contributed by atoms with E-state index in [0.717, 1.165) is 22.0 Å². The van der Waals surface area contributed by atoms with Crippen LogP contribution in [0, 0.1) is 5.82 Å². The van der Waals surface area contributed by atoms with Crippen molar-refractivity contribution < 1.29 is 9.18 Å². The average Bonchev–Trinajstić information content (AvgIpc) is 2.77. The van der Waals surface area contributed by atoms with E-state index in [-0.39, 0.29) is 17.0 Å². The van der Waals surface area contributed by atoms with Crippen molar-refractivity contribution in [3.63, 3.8) is 0 Å². The minimum Gasteiger partial charge on any atom is -0.371 e. The number of hydrogen-bond acceptors (Lipinski definition) is 2. The Morgan fingerprint density at radius 1 is 0.806 bits per heavy atom. The molecule has 1 atom stereocenters. The quantitative estimate of drug-likeness (QED) is 0.349. The summed E-state index contributed by atoms with van der Waals surface area (Å²) in [6.45, 7) is 6.50. The lowest BCUT2D eigenvalue weighted by molar-refractivity contribution is 0.0969. The Labute approximate surface area is 182 Å². The molecular weight excluding hydrogens is 385 g/mol. The number of nitrogens with one attached hydrogen (secondary N) is 1. The molecular formula is C28H26FNO. The molecule has 4 aromatic carbocycles. The fourth-order valence-electron chi connectivity index (χ4n) is 3.70. The standard InChI is InChI=1S/C28H26FNO/c1-28(2,3)23-12-16-25(17-13-23)30-26(20-10-14-24(29)15-11-20)27(31)22-9-8-19-6-4-5-7-21(19)18-22/h4-18,26,30H,1-3H3/t26-/m0/s1. The lowest BCUT2D eigenvalue weighted by Crippen LogP contribution is -2.21. The Morgan fingerprint density at radius 2 is 1.45 bits per heavy atom. The van der Waals surface area contributed by atoms with E-state index in [1.165, 1.54) is 17.7 Å². The largest absolute Gasteiger partial charge is 0.371 e. The van der Waals surface area contributed by atoms with E-state index in [4.69, 9.17) is 0 Å². The smallest absolute Gasteiger partial charge is 0.189 e. The van der Waals surface area contributed by atoms with Crippen molar-refractivity contribution in [2.45, 2.75) is 32.2 Å². The highest BCUT2D eigenvalue weighted by atomic mass is 19.1. The highest BCUT2D eigenvalue weighted by molar-refractivity contribution is 6.04. The van der Waals surface area contributed by atoms with E-state index in [0.29, 0.717) is 5.56 Å². The van der Waals surface area contributed by atoms with Crippen molar-refractivity contribution in [1.82, 2.24) is 0 Å². The molecule has 0 amide bonds. The average molecular weight is 412 g/mol. The molecule has 0 aliphatic rings. The molecule has 0 aliphatic heterocycles. The summed E-state index contributed by atoms with van der Waals surface area (Å²) >= 11 is 0. The van der Waals surface area contributed by atoms with Crippen LogP contribution in [0.25, 0.3) is 10.8 Å². The van der Waals surface area contributed by atoms with Gasteiger partial charge in [-0.2, -0.15) is 0 Å². The first-order valence-corrected chi connectivity index (χ1v) is 10.5. The second-order valence-corrected chi connectivity index (χ2v) is 8.88. The van der Waals surface area contributed by atoms with Crippen LogP contribution in [0.15, 0.2) is 91.0 Å². The number of fused-ring (bicyclic) bond motifs is 1. The lowest BCUT2D eigenvalue weighted by Gasteiger charge is -2.22. The van der Waals surface area contributed by atoms with Gasteiger partial charge in [0.2, 0.25) is 0 Å². The number of hydrogen-bond donors (Lipinski definition) is 1. The molecule has 0 spiro atoms. The van der Waals surface area contributed by atoms with E-state index < -0.39 is 6.04 Å². The van der Waals surface area contributed by atoms with Gasteiger partial charge in [-0.1, -0.05) is 81.4 Å². The maximum Gasteiger partial charge on any atom is 0.189 e. The first-order valence-electron chi connectivity index (χ1n) is 10.5. The number of anilines is 1. The lowest BCUT2D eigenvalue weighted by atomic mass is 9.87. The molecule has 2 nitrogen and oxygen atoms in total. The van der Waals surface area contributed by atoms with E-state index >= 15 is 0 Å². The fourth-order valence-corrected chi connectivity index (χ4v) is 3.70. The summed E-state index contributed by atoms with van der Waals surface area (Å²) in [5, 5.41) is 5.47. The van der Waals surface area contributed by atoms with Crippen LogP contribution in [-0.2, 0) is 5.41 Å². The molecule has 0 heterocycles. The summed E-state index contributed by atoms with van der Waals surface area (Å²) in [5.41, 5.74) is 3.45. The number of ketones is 1. The molecule has 0 aromatic heterocycles. The van der Waals surface area contributed by atoms with Gasteiger partial charge in [-0.15, -0.1) is 0 Å². The van der Waals surface area contributed by atoms with Gasteiger partial charge >= 0.3 is 0 Å². The summed E-state index contributed by atoms with van der Waals surface area (Å²) in [7, 11) is 0. The molecule has 4 aromatic rings. The van der Waals surface area contributed by atoms with Crippen LogP contribution in [0.4, 0.5) is 10.1 Å². The molecule has 0 saturated heterocycles. The summed E-state index contributed by atoms with van der Waals surface area (Å²) in [6.07, 6.45) is 0. The van der Waals surface area contributed by atoms with Crippen LogP contribution >= 0.6 is 0 Å². The summed E-state index contributed by atoms with van der Waals surface area (Å²) < 4.78 is 13.5. The Hall–Kier alpha value is -3.46. The SMILES string of the molecule is CC(C)(C)c1ccc(N[C@H](C(=O)c2ccc3ccccc3c2)c2ccc(F)cc2)cc1. The minimum absolute atomic E-state index is 0.0514. The fraction of sp³-hybridized carbons (Fsp3) is 0.179. The Balaban J connectivity index is 1.69. The van der Waals surface area contributed by atoms with Crippen molar-refractivity contribution in [2.75, 3.05) is 5.32 Å². The normalized spacial score (nSPS) is 12.5. The van der Waals surface area contributed by atoms with E-state index in [9.17, 15) is 9.18 Å². The zero-order chi connectivity index (χ0) is 22.0. The van der Waals surface area contributed by atoms with Crippen molar-refractivity contribution >= 4 is 22.2 Å². The summed E-state index contributed by atoms with van der Waals surface area (Å²) in [5.74, 6) is -0.382. The summed E-state index contributed by atoms with van der Waals surface area (Å²) in [4.78, 5) is 13.5. The number of carbonyl (C=O) groups excluding carboxylic acids is 1. The Bertz CT molecular complexity index is 1200. The highest BCUT2D eigenvalue weighted by Crippen LogP contribution is 2.28. The molecule has 3 heteroatoms. The van der Waals surface area contributed by atoms with E-state index in [1.54, 1.807) is 12.1 Å². The van der Waals surface area contributed by atoms with Crippen LogP contribution in [0.2, 0.25) is 0 Å². The molecule has 0 saturated carbocycles. The van der Waals surface area contributed by atoms with Gasteiger partial charge in [0.15, 0.2) is 5.78 Å². The van der Waals surface area contributed by atoms with Crippen LogP contribution in [0.1, 0.15) is 48.3 Å². The molecule has 1 N–H and O–H groups in total. The third-order valence-electron chi connectivity index (χ3n) is 5.56. The summed E-state index contributed by atoms with van der Waals surface area (Å²) in [6, 6.07) is 27.3. The molecule has 0 radical (unpaired) electrons. The van der Waals surface area contributed by atoms with E-state index in [2.05, 4.69) is 38.2 Å². The molecule has 0 unspecified atom stereocenters. The van der Waals surface area contributed by atoms with Crippen LogP contribution in [-0.4, -0.2) is 5.78 Å². The third kappa shape index (κ3) is 4.66. The number of Topliss-reactive ketones (excluding diaryl/α,β-unsaturated/α-hetero) is 1. The van der Waals surface area contributed by atoms with Gasteiger partial charge in [0, 0.05) is 11.3 Å². The maximum absolute atomic E-state index is 13.5. The zero-order valence-corrected chi connectivity index (χ0v) is 18.0. The van der Waals surface area contributed by atoms with Gasteiger partial charge in [0.1, 0.15) is 11.9 Å². The monoisotopic (exact) mass is 411 g/mol. The molecule has 31 heavy (non-hydrogen) atoms. The molecule has 4 rings (SSSR count). The number of rotatable bonds is 5. The predicted octanol–water partition coefficient (Wildman–Crippen LogP) is 7.31.